The Morgan fingerprint density at radius 1 is 1.47 bits per heavy atom. The second-order valence-corrected chi connectivity index (χ2v) is 5.57. The van der Waals surface area contributed by atoms with Crippen molar-refractivity contribution in [1.82, 2.24) is 4.90 Å². The Balaban J connectivity index is 2.16. The molecule has 19 heavy (non-hydrogen) atoms. The minimum absolute atomic E-state index is 0.173. The largest absolute Gasteiger partial charge is 0.451 e. The molecule has 0 aliphatic carbocycles. The molecule has 5 heteroatoms. The molecule has 1 heterocycles. The number of aliphatic hydroxyl groups excluding tert-OH is 1. The molecule has 0 spiro atoms. The molecule has 0 bridgehead atoms. The topological polar surface area (TPSA) is 53.7 Å². The second kappa shape index (κ2) is 5.75. The zero-order chi connectivity index (χ0) is 14.0. The van der Waals surface area contributed by atoms with Gasteiger partial charge in [0, 0.05) is 23.5 Å². The zero-order valence-electron chi connectivity index (χ0n) is 10.9. The van der Waals surface area contributed by atoms with Crippen LogP contribution in [0.15, 0.2) is 33.2 Å². The first kappa shape index (κ1) is 14.1. The van der Waals surface area contributed by atoms with Crippen molar-refractivity contribution in [3.05, 3.63) is 34.5 Å². The van der Waals surface area contributed by atoms with Gasteiger partial charge in [0.15, 0.2) is 5.76 Å². The minimum atomic E-state index is -0.415. The van der Waals surface area contributed by atoms with Crippen LogP contribution in [0.3, 0.4) is 0 Å². The summed E-state index contributed by atoms with van der Waals surface area (Å²) in [6, 6.07) is 7.34. The highest BCUT2D eigenvalue weighted by atomic mass is 79.9. The maximum Gasteiger partial charge on any atom is 0.289 e. The fraction of sp³-hybridized carbons (Fsp3) is 0.357. The summed E-state index contributed by atoms with van der Waals surface area (Å²) in [6.07, 6.45) is 0.135. The van der Waals surface area contributed by atoms with E-state index in [1.807, 2.05) is 18.2 Å². The predicted molar refractivity (Wildman–Crippen MR) is 77.2 cm³/mol. The van der Waals surface area contributed by atoms with Gasteiger partial charge >= 0.3 is 0 Å². The van der Waals surface area contributed by atoms with Crippen LogP contribution in [0.2, 0.25) is 0 Å². The summed E-state index contributed by atoms with van der Waals surface area (Å²) in [4.78, 5) is 13.7. The predicted octanol–water partition coefficient (Wildman–Crippen LogP) is 3.04. The van der Waals surface area contributed by atoms with Gasteiger partial charge in [0.05, 0.1) is 6.10 Å². The average molecular weight is 326 g/mol. The third-order valence-electron chi connectivity index (χ3n) is 2.92. The number of hydrogen-bond donors (Lipinski definition) is 1. The highest BCUT2D eigenvalue weighted by molar-refractivity contribution is 9.10. The molecule has 1 atom stereocenters. The van der Waals surface area contributed by atoms with Crippen LogP contribution in [0, 0.1) is 0 Å². The standard InChI is InChI=1S/C14H16BrNO3/c1-9(17)5-6-16(2)14(18)13-8-10-7-11(15)3-4-12(10)19-13/h3-4,7-9,17H,5-6H2,1-2H3. The number of aliphatic hydroxyl groups is 1. The summed E-state index contributed by atoms with van der Waals surface area (Å²) in [5.74, 6) is 0.147. The van der Waals surface area contributed by atoms with Gasteiger partial charge in [0.2, 0.25) is 0 Å². The quantitative estimate of drug-likeness (QED) is 0.940. The lowest BCUT2D eigenvalue weighted by Gasteiger charge is -2.16. The van der Waals surface area contributed by atoms with Crippen LogP contribution in [0.4, 0.5) is 0 Å². The van der Waals surface area contributed by atoms with Gasteiger partial charge in [-0.05, 0) is 37.6 Å². The van der Waals surface area contributed by atoms with Gasteiger partial charge in [0.1, 0.15) is 5.58 Å². The Labute approximate surface area is 120 Å². The molecule has 0 fully saturated rings. The lowest BCUT2D eigenvalue weighted by Crippen LogP contribution is -2.29. The molecule has 2 aromatic rings. The van der Waals surface area contributed by atoms with Crippen LogP contribution in [-0.2, 0) is 0 Å². The summed E-state index contributed by atoms with van der Waals surface area (Å²) in [7, 11) is 1.70. The van der Waals surface area contributed by atoms with E-state index in [1.54, 1.807) is 24.9 Å². The molecule has 1 unspecified atom stereocenters. The molecule has 2 rings (SSSR count). The first-order chi connectivity index (χ1) is 8.97. The van der Waals surface area contributed by atoms with Gasteiger partial charge in [0.25, 0.3) is 5.91 Å². The molecule has 0 aliphatic heterocycles. The van der Waals surface area contributed by atoms with E-state index in [-0.39, 0.29) is 5.91 Å². The van der Waals surface area contributed by atoms with Crippen molar-refractivity contribution in [2.75, 3.05) is 13.6 Å². The first-order valence-electron chi connectivity index (χ1n) is 6.10. The van der Waals surface area contributed by atoms with Gasteiger partial charge in [-0.25, -0.2) is 0 Å². The zero-order valence-corrected chi connectivity index (χ0v) is 12.5. The van der Waals surface area contributed by atoms with Crippen molar-refractivity contribution in [3.8, 4) is 0 Å². The van der Waals surface area contributed by atoms with E-state index >= 15 is 0 Å². The van der Waals surface area contributed by atoms with E-state index in [1.165, 1.54) is 0 Å². The highest BCUT2D eigenvalue weighted by Crippen LogP contribution is 2.24. The Bertz CT molecular complexity index is 591. The number of nitrogens with zero attached hydrogens (tertiary/aromatic N) is 1. The average Bonchev–Trinajstić information content (AvgIpc) is 2.77. The summed E-state index contributed by atoms with van der Waals surface area (Å²) < 4.78 is 6.48. The van der Waals surface area contributed by atoms with E-state index in [0.29, 0.717) is 24.3 Å². The smallest absolute Gasteiger partial charge is 0.289 e. The fourth-order valence-corrected chi connectivity index (χ4v) is 2.17. The van der Waals surface area contributed by atoms with Crippen LogP contribution >= 0.6 is 15.9 Å². The maximum atomic E-state index is 12.2. The van der Waals surface area contributed by atoms with E-state index in [4.69, 9.17) is 4.42 Å². The normalized spacial score (nSPS) is 12.6. The molecular weight excluding hydrogens is 310 g/mol. The van der Waals surface area contributed by atoms with Crippen molar-refractivity contribution in [2.45, 2.75) is 19.4 Å². The number of halogens is 1. The number of furan rings is 1. The molecule has 0 saturated carbocycles. The van der Waals surface area contributed by atoms with Gasteiger partial charge < -0.3 is 14.4 Å². The van der Waals surface area contributed by atoms with E-state index in [2.05, 4.69) is 15.9 Å². The molecule has 4 nitrogen and oxygen atoms in total. The third-order valence-corrected chi connectivity index (χ3v) is 3.41. The Morgan fingerprint density at radius 2 is 2.21 bits per heavy atom. The fourth-order valence-electron chi connectivity index (χ4n) is 1.79. The van der Waals surface area contributed by atoms with E-state index in [0.717, 1.165) is 9.86 Å². The monoisotopic (exact) mass is 325 g/mol. The van der Waals surface area contributed by atoms with Crippen molar-refractivity contribution in [1.29, 1.82) is 0 Å². The summed E-state index contributed by atoms with van der Waals surface area (Å²) in [6.45, 7) is 2.20. The van der Waals surface area contributed by atoms with Crippen molar-refractivity contribution in [2.24, 2.45) is 0 Å². The Morgan fingerprint density at radius 3 is 2.89 bits per heavy atom. The third kappa shape index (κ3) is 3.36. The van der Waals surface area contributed by atoms with Crippen LogP contribution in [0.1, 0.15) is 23.9 Å². The van der Waals surface area contributed by atoms with E-state index < -0.39 is 6.10 Å². The number of rotatable bonds is 4. The van der Waals surface area contributed by atoms with Gasteiger partial charge in [-0.3, -0.25) is 4.79 Å². The van der Waals surface area contributed by atoms with E-state index in [9.17, 15) is 9.90 Å². The van der Waals surface area contributed by atoms with Crippen molar-refractivity contribution >= 4 is 32.8 Å². The van der Waals surface area contributed by atoms with Gasteiger partial charge in [-0.2, -0.15) is 0 Å². The number of benzene rings is 1. The van der Waals surface area contributed by atoms with Gasteiger partial charge in [-0.1, -0.05) is 15.9 Å². The highest BCUT2D eigenvalue weighted by Gasteiger charge is 2.17. The summed E-state index contributed by atoms with van der Waals surface area (Å²) in [5.41, 5.74) is 0.690. The van der Waals surface area contributed by atoms with Crippen LogP contribution < -0.4 is 0 Å². The lowest BCUT2D eigenvalue weighted by molar-refractivity contribution is 0.0740. The molecular formula is C14H16BrNO3. The number of fused-ring (bicyclic) bond motifs is 1. The molecule has 0 saturated heterocycles. The lowest BCUT2D eigenvalue weighted by atomic mass is 10.2. The molecule has 1 aromatic heterocycles. The molecule has 0 radical (unpaired) electrons. The van der Waals surface area contributed by atoms with Gasteiger partial charge in [-0.15, -0.1) is 0 Å². The van der Waals surface area contributed by atoms with Crippen molar-refractivity contribution in [3.63, 3.8) is 0 Å². The SMILES string of the molecule is CC(O)CCN(C)C(=O)c1cc2cc(Br)ccc2o1. The summed E-state index contributed by atoms with van der Waals surface area (Å²) >= 11 is 3.38. The first-order valence-corrected chi connectivity index (χ1v) is 6.89. The van der Waals surface area contributed by atoms with Crippen LogP contribution in [0.25, 0.3) is 11.0 Å². The molecule has 0 aliphatic rings. The minimum Gasteiger partial charge on any atom is -0.451 e. The van der Waals surface area contributed by atoms with Crippen LogP contribution in [0.5, 0.6) is 0 Å². The molecule has 1 amide bonds. The Hall–Kier alpha value is -1.33. The van der Waals surface area contributed by atoms with Crippen LogP contribution in [-0.4, -0.2) is 35.6 Å². The second-order valence-electron chi connectivity index (χ2n) is 4.66. The maximum absolute atomic E-state index is 12.2. The number of carbonyl (C=O) groups is 1. The number of hydrogen-bond acceptors (Lipinski definition) is 3. The summed E-state index contributed by atoms with van der Waals surface area (Å²) in [5, 5.41) is 10.1. The molecule has 102 valence electrons. The Kier molecular flexibility index (Phi) is 4.27. The molecule has 1 N–H and O–H groups in total. The van der Waals surface area contributed by atoms with Crippen molar-refractivity contribution < 1.29 is 14.3 Å². The number of amides is 1. The number of carbonyl (C=O) groups excluding carboxylic acids is 1. The molecule has 1 aromatic carbocycles.